The van der Waals surface area contributed by atoms with E-state index in [1.165, 1.54) is 103 Å². The summed E-state index contributed by atoms with van der Waals surface area (Å²) in [6.07, 6.45) is 71.3. The number of carbonyl (C=O) groups is 3. The minimum absolute atomic E-state index is 0.0947. The van der Waals surface area contributed by atoms with Gasteiger partial charge in [0.2, 0.25) is 0 Å². The van der Waals surface area contributed by atoms with Crippen LogP contribution >= 0.6 is 0 Å². The van der Waals surface area contributed by atoms with Crippen LogP contribution in [0.2, 0.25) is 0 Å². The molecule has 0 aliphatic carbocycles. The molecule has 0 heterocycles. The molecule has 0 amide bonds. The molecule has 0 aromatic heterocycles. The Morgan fingerprint density at radius 3 is 0.836 bits per heavy atom. The molecule has 6 heteroatoms. The van der Waals surface area contributed by atoms with Crippen LogP contribution < -0.4 is 0 Å². The van der Waals surface area contributed by atoms with Crippen molar-refractivity contribution in [3.63, 3.8) is 0 Å². The average molecular weight is 933 g/mol. The van der Waals surface area contributed by atoms with Crippen molar-refractivity contribution in [1.82, 2.24) is 0 Å². The van der Waals surface area contributed by atoms with Crippen LogP contribution in [0.1, 0.15) is 265 Å². The van der Waals surface area contributed by atoms with E-state index in [-0.39, 0.29) is 31.1 Å². The molecular formula is C61H104O6. The Morgan fingerprint density at radius 2 is 0.537 bits per heavy atom. The van der Waals surface area contributed by atoms with Gasteiger partial charge in [0, 0.05) is 19.3 Å². The van der Waals surface area contributed by atoms with Gasteiger partial charge < -0.3 is 14.2 Å². The summed E-state index contributed by atoms with van der Waals surface area (Å²) in [5, 5.41) is 0. The number of unbranched alkanes of at least 4 members (excludes halogenated alkanes) is 25. The van der Waals surface area contributed by atoms with E-state index in [0.717, 1.165) is 122 Å². The monoisotopic (exact) mass is 933 g/mol. The number of rotatable bonds is 50. The van der Waals surface area contributed by atoms with Gasteiger partial charge in [0.05, 0.1) is 0 Å². The van der Waals surface area contributed by atoms with E-state index in [4.69, 9.17) is 14.2 Å². The molecule has 0 spiro atoms. The van der Waals surface area contributed by atoms with Crippen LogP contribution in [-0.2, 0) is 28.6 Å². The zero-order valence-electron chi connectivity index (χ0n) is 43.9. The number of carbonyl (C=O) groups excluding carboxylic acids is 3. The maximum Gasteiger partial charge on any atom is 0.306 e. The number of hydrogen-bond acceptors (Lipinski definition) is 6. The van der Waals surface area contributed by atoms with E-state index in [9.17, 15) is 14.4 Å². The zero-order chi connectivity index (χ0) is 48.6. The summed E-state index contributed by atoms with van der Waals surface area (Å²) in [6.45, 7) is 6.53. The van der Waals surface area contributed by atoms with Gasteiger partial charge in [0.25, 0.3) is 0 Å². The molecule has 0 aromatic rings. The molecule has 0 aromatic carbocycles. The summed E-state index contributed by atoms with van der Waals surface area (Å²) in [5.41, 5.74) is 0. The molecular weight excluding hydrogens is 829 g/mol. The Kier molecular flexibility index (Phi) is 52.4. The van der Waals surface area contributed by atoms with E-state index < -0.39 is 6.10 Å². The molecule has 0 aliphatic rings. The maximum atomic E-state index is 12.8. The second-order valence-corrected chi connectivity index (χ2v) is 18.5. The molecule has 0 N–H and O–H groups in total. The van der Waals surface area contributed by atoms with Gasteiger partial charge in [-0.1, -0.05) is 209 Å². The topological polar surface area (TPSA) is 78.9 Å². The second-order valence-electron chi connectivity index (χ2n) is 18.5. The molecule has 1 atom stereocenters. The highest BCUT2D eigenvalue weighted by Gasteiger charge is 2.19. The zero-order valence-corrected chi connectivity index (χ0v) is 43.9. The fourth-order valence-electron chi connectivity index (χ4n) is 7.57. The number of esters is 3. The van der Waals surface area contributed by atoms with E-state index in [1.807, 2.05) is 0 Å². The smallest absolute Gasteiger partial charge is 0.306 e. The predicted octanol–water partition coefficient (Wildman–Crippen LogP) is 18.8. The fraction of sp³-hybridized carbons (Fsp3) is 0.721. The summed E-state index contributed by atoms with van der Waals surface area (Å²) in [7, 11) is 0. The van der Waals surface area contributed by atoms with Crippen LogP contribution in [0.3, 0.4) is 0 Å². The normalized spacial score (nSPS) is 12.7. The molecule has 67 heavy (non-hydrogen) atoms. The SMILES string of the molecule is CCCCC/C=C/C/C=C/C/C=C/CCCCCCC(=O)OC[C@@H](COC(=O)CCCCCCC/C=C/C/C=C/CCCCC)OC(=O)CCCCCCCCC/C=C/C/C=C/CCCCC. The minimum atomic E-state index is -0.797. The van der Waals surface area contributed by atoms with Gasteiger partial charge in [0.1, 0.15) is 13.2 Å². The second kappa shape index (κ2) is 55.2. The van der Waals surface area contributed by atoms with Crippen molar-refractivity contribution in [1.29, 1.82) is 0 Å². The third-order valence-electron chi connectivity index (χ3n) is 11.8. The van der Waals surface area contributed by atoms with E-state index in [2.05, 4.69) is 106 Å². The highest BCUT2D eigenvalue weighted by atomic mass is 16.6. The summed E-state index contributed by atoms with van der Waals surface area (Å²) in [6, 6.07) is 0. The summed E-state index contributed by atoms with van der Waals surface area (Å²) < 4.78 is 16.8. The van der Waals surface area contributed by atoms with Crippen molar-refractivity contribution in [2.45, 2.75) is 271 Å². The lowest BCUT2D eigenvalue weighted by molar-refractivity contribution is -0.167. The molecule has 0 fully saturated rings. The summed E-state index contributed by atoms with van der Waals surface area (Å²) in [4.78, 5) is 38.1. The van der Waals surface area contributed by atoms with Gasteiger partial charge in [-0.2, -0.15) is 0 Å². The van der Waals surface area contributed by atoms with E-state index in [0.29, 0.717) is 19.3 Å². The molecule has 6 nitrogen and oxygen atoms in total. The minimum Gasteiger partial charge on any atom is -0.462 e. The fourth-order valence-corrected chi connectivity index (χ4v) is 7.57. The Morgan fingerprint density at radius 1 is 0.299 bits per heavy atom. The first-order valence-corrected chi connectivity index (χ1v) is 28.1. The maximum absolute atomic E-state index is 12.8. The molecule has 384 valence electrons. The number of allylic oxidation sites excluding steroid dienone is 14. The van der Waals surface area contributed by atoms with Crippen molar-refractivity contribution in [3.8, 4) is 0 Å². The molecule has 0 saturated carbocycles. The third kappa shape index (κ3) is 53.4. The van der Waals surface area contributed by atoms with Crippen molar-refractivity contribution in [2.24, 2.45) is 0 Å². The number of hydrogen-bond donors (Lipinski definition) is 0. The molecule has 0 radical (unpaired) electrons. The van der Waals surface area contributed by atoms with Gasteiger partial charge >= 0.3 is 17.9 Å². The summed E-state index contributed by atoms with van der Waals surface area (Å²) in [5.74, 6) is -0.934. The highest BCUT2D eigenvalue weighted by Crippen LogP contribution is 2.14. The van der Waals surface area contributed by atoms with E-state index in [1.54, 1.807) is 0 Å². The van der Waals surface area contributed by atoms with Gasteiger partial charge in [-0.25, -0.2) is 0 Å². The Hall–Kier alpha value is -3.41. The quantitative estimate of drug-likeness (QED) is 0.0262. The molecule has 0 rings (SSSR count). The van der Waals surface area contributed by atoms with Crippen LogP contribution in [0.25, 0.3) is 0 Å². The van der Waals surface area contributed by atoms with Crippen molar-refractivity contribution < 1.29 is 28.6 Å². The van der Waals surface area contributed by atoms with Crippen LogP contribution in [-0.4, -0.2) is 37.2 Å². The molecule has 0 aliphatic heterocycles. The van der Waals surface area contributed by atoms with E-state index >= 15 is 0 Å². The van der Waals surface area contributed by atoms with Crippen LogP contribution in [0.15, 0.2) is 85.1 Å². The van der Waals surface area contributed by atoms with Gasteiger partial charge in [-0.05, 0) is 122 Å². The van der Waals surface area contributed by atoms with Gasteiger partial charge in [0.15, 0.2) is 6.10 Å². The number of ether oxygens (including phenoxy) is 3. The van der Waals surface area contributed by atoms with Crippen LogP contribution in [0.4, 0.5) is 0 Å². The largest absolute Gasteiger partial charge is 0.462 e. The van der Waals surface area contributed by atoms with Crippen LogP contribution in [0.5, 0.6) is 0 Å². The predicted molar refractivity (Wildman–Crippen MR) is 288 cm³/mol. The first kappa shape index (κ1) is 63.6. The van der Waals surface area contributed by atoms with Gasteiger partial charge in [-0.15, -0.1) is 0 Å². The highest BCUT2D eigenvalue weighted by molar-refractivity contribution is 5.71. The third-order valence-corrected chi connectivity index (χ3v) is 11.8. The Balaban J connectivity index is 4.47. The standard InChI is InChI=1S/C61H104O6/c1-4-7-10-13-16-19-22-25-28-30-33-36-39-42-45-48-51-54-60(63)66-57-58(56-65-59(62)53-50-47-44-41-38-35-32-27-24-21-18-15-12-9-6-3)67-61(64)55-52-49-46-43-40-37-34-31-29-26-23-20-17-14-11-8-5-2/h16-21,25-29,32-33,36,58H,4-15,22-24,30-31,34-35,37-57H2,1-3H3/b19-16+,20-17+,21-18+,28-25+,29-26+,32-27+,36-33+/t58-/m1/s1. The summed E-state index contributed by atoms with van der Waals surface area (Å²) >= 11 is 0. The van der Waals surface area contributed by atoms with Crippen molar-refractivity contribution in [3.05, 3.63) is 85.1 Å². The van der Waals surface area contributed by atoms with Crippen LogP contribution in [0, 0.1) is 0 Å². The Bertz CT molecular complexity index is 1300. The van der Waals surface area contributed by atoms with Gasteiger partial charge in [-0.3, -0.25) is 14.4 Å². The molecule has 0 unspecified atom stereocenters. The lowest BCUT2D eigenvalue weighted by atomic mass is 10.1. The first-order chi connectivity index (χ1) is 33.0. The molecule has 0 saturated heterocycles. The lowest BCUT2D eigenvalue weighted by Gasteiger charge is -2.18. The van der Waals surface area contributed by atoms with Crippen molar-refractivity contribution >= 4 is 17.9 Å². The molecule has 0 bridgehead atoms. The Labute approximate surface area is 414 Å². The lowest BCUT2D eigenvalue weighted by Crippen LogP contribution is -2.30. The first-order valence-electron chi connectivity index (χ1n) is 28.1. The van der Waals surface area contributed by atoms with Crippen molar-refractivity contribution in [2.75, 3.05) is 13.2 Å². The average Bonchev–Trinajstić information content (AvgIpc) is 3.33.